The molecule has 1 fully saturated rings. The van der Waals surface area contributed by atoms with Crippen LogP contribution < -0.4 is 11.1 Å². The summed E-state index contributed by atoms with van der Waals surface area (Å²) in [5.41, 5.74) is 7.09. The maximum Gasteiger partial charge on any atom is 0.287 e. The van der Waals surface area contributed by atoms with Gasteiger partial charge in [0.25, 0.3) is 5.91 Å². The van der Waals surface area contributed by atoms with Crippen LogP contribution in [0.4, 0.5) is 0 Å². The molecule has 3 rings (SSSR count). The second kappa shape index (κ2) is 6.26. The number of nitrogens with one attached hydrogen (secondary N) is 1. The minimum absolute atomic E-state index is 0. The highest BCUT2D eigenvalue weighted by molar-refractivity contribution is 6.35. The summed E-state index contributed by atoms with van der Waals surface area (Å²) in [6.07, 6.45) is 2.26. The molecule has 0 saturated heterocycles. The molecule has 0 spiro atoms. The van der Waals surface area contributed by atoms with Crippen molar-refractivity contribution >= 4 is 40.9 Å². The number of hydrogen-bond acceptors (Lipinski definition) is 3. The van der Waals surface area contributed by atoms with Crippen molar-refractivity contribution in [1.29, 1.82) is 0 Å². The number of fused-ring (bicyclic) bond motifs is 1. The molecule has 1 amide bonds. The molecule has 21 heavy (non-hydrogen) atoms. The summed E-state index contributed by atoms with van der Waals surface area (Å²) in [7, 11) is 0. The van der Waals surface area contributed by atoms with Gasteiger partial charge in [0.05, 0.1) is 5.02 Å². The number of carbonyl (C=O) groups is 1. The van der Waals surface area contributed by atoms with Crippen LogP contribution in [0.1, 0.15) is 29.0 Å². The largest absolute Gasteiger partial charge is 0.449 e. The van der Waals surface area contributed by atoms with Crippen molar-refractivity contribution in [3.05, 3.63) is 34.5 Å². The smallest absolute Gasteiger partial charge is 0.287 e. The van der Waals surface area contributed by atoms with Crippen molar-refractivity contribution < 1.29 is 9.21 Å². The highest BCUT2D eigenvalue weighted by Crippen LogP contribution is 2.33. The predicted octanol–water partition coefficient (Wildman–Crippen LogP) is 3.28. The first-order chi connectivity index (χ1) is 9.61. The monoisotopic (exact) mass is 328 g/mol. The van der Waals surface area contributed by atoms with Crippen molar-refractivity contribution in [2.24, 2.45) is 11.7 Å². The molecule has 0 bridgehead atoms. The Kier molecular flexibility index (Phi) is 4.81. The first kappa shape index (κ1) is 16.1. The summed E-state index contributed by atoms with van der Waals surface area (Å²) in [6, 6.07) is 5.53. The van der Waals surface area contributed by atoms with E-state index in [1.807, 2.05) is 19.1 Å². The summed E-state index contributed by atoms with van der Waals surface area (Å²) in [6.45, 7) is 2.32. The fourth-order valence-electron chi connectivity index (χ4n) is 2.53. The van der Waals surface area contributed by atoms with Crippen LogP contribution >= 0.6 is 24.0 Å². The van der Waals surface area contributed by atoms with Gasteiger partial charge in [-0.25, -0.2) is 0 Å². The van der Waals surface area contributed by atoms with Crippen molar-refractivity contribution in [2.45, 2.75) is 25.8 Å². The Hall–Kier alpha value is -1.23. The van der Waals surface area contributed by atoms with Gasteiger partial charge in [-0.3, -0.25) is 4.79 Å². The SMILES string of the molecule is Cc1c(C(=O)NC(CN)C2CC2)oc2c(Cl)cccc12.Cl. The molecule has 114 valence electrons. The summed E-state index contributed by atoms with van der Waals surface area (Å²) < 4.78 is 5.65. The predicted molar refractivity (Wildman–Crippen MR) is 86.2 cm³/mol. The van der Waals surface area contributed by atoms with Crippen LogP contribution in [-0.2, 0) is 0 Å². The Labute approximate surface area is 134 Å². The lowest BCUT2D eigenvalue weighted by Crippen LogP contribution is -2.41. The van der Waals surface area contributed by atoms with Gasteiger partial charge in [0.15, 0.2) is 11.3 Å². The average molecular weight is 329 g/mol. The maximum atomic E-state index is 12.3. The van der Waals surface area contributed by atoms with Crippen LogP contribution in [-0.4, -0.2) is 18.5 Å². The number of halogens is 2. The molecule has 1 unspecified atom stereocenters. The first-order valence-corrected chi connectivity index (χ1v) is 7.18. The van der Waals surface area contributed by atoms with Crippen molar-refractivity contribution in [3.8, 4) is 0 Å². The van der Waals surface area contributed by atoms with Gasteiger partial charge in [0.2, 0.25) is 0 Å². The molecule has 1 aromatic carbocycles. The van der Waals surface area contributed by atoms with E-state index in [0.29, 0.717) is 28.8 Å². The van der Waals surface area contributed by atoms with E-state index >= 15 is 0 Å². The minimum atomic E-state index is -0.211. The topological polar surface area (TPSA) is 68.3 Å². The van der Waals surface area contributed by atoms with Crippen LogP contribution in [0.2, 0.25) is 5.02 Å². The maximum absolute atomic E-state index is 12.3. The molecule has 2 aromatic rings. The van der Waals surface area contributed by atoms with Gasteiger partial charge < -0.3 is 15.5 Å². The number of amides is 1. The molecular weight excluding hydrogens is 311 g/mol. The van der Waals surface area contributed by atoms with E-state index < -0.39 is 0 Å². The van der Waals surface area contributed by atoms with Gasteiger partial charge in [0.1, 0.15) is 0 Å². The van der Waals surface area contributed by atoms with E-state index in [-0.39, 0.29) is 24.4 Å². The lowest BCUT2D eigenvalue weighted by atomic mass is 10.1. The Balaban J connectivity index is 0.00000161. The zero-order valence-corrected chi connectivity index (χ0v) is 13.3. The summed E-state index contributed by atoms with van der Waals surface area (Å²) in [4.78, 5) is 12.3. The van der Waals surface area contributed by atoms with E-state index in [1.54, 1.807) is 6.07 Å². The summed E-state index contributed by atoms with van der Waals surface area (Å²) >= 11 is 6.10. The zero-order valence-electron chi connectivity index (χ0n) is 11.7. The normalized spacial score (nSPS) is 15.6. The molecule has 0 aliphatic heterocycles. The number of carbonyl (C=O) groups excluding carboxylic acids is 1. The molecular formula is C15H18Cl2N2O2. The van der Waals surface area contributed by atoms with Crippen LogP contribution in [0.5, 0.6) is 0 Å². The summed E-state index contributed by atoms with van der Waals surface area (Å²) in [5, 5.41) is 4.35. The Morgan fingerprint density at radius 2 is 2.24 bits per heavy atom. The molecule has 1 heterocycles. The molecule has 6 heteroatoms. The molecule has 0 radical (unpaired) electrons. The zero-order chi connectivity index (χ0) is 14.3. The number of para-hydroxylation sites is 1. The number of furan rings is 1. The third-order valence-electron chi connectivity index (χ3n) is 3.88. The molecule has 1 aliphatic rings. The number of nitrogens with two attached hydrogens (primary N) is 1. The molecule has 1 saturated carbocycles. The highest BCUT2D eigenvalue weighted by Gasteiger charge is 2.32. The fraction of sp³-hybridized carbons (Fsp3) is 0.400. The lowest BCUT2D eigenvalue weighted by molar-refractivity contribution is 0.0906. The molecule has 1 aliphatic carbocycles. The average Bonchev–Trinajstić information content (AvgIpc) is 3.21. The molecule has 1 aromatic heterocycles. The number of aryl methyl sites for hydroxylation is 1. The van der Waals surface area contributed by atoms with E-state index in [9.17, 15) is 4.79 Å². The third-order valence-corrected chi connectivity index (χ3v) is 4.18. The second-order valence-corrected chi connectivity index (χ2v) is 5.73. The molecule has 3 N–H and O–H groups in total. The van der Waals surface area contributed by atoms with Crippen LogP contribution in [0.3, 0.4) is 0 Å². The van der Waals surface area contributed by atoms with Gasteiger partial charge in [-0.15, -0.1) is 12.4 Å². The molecule has 4 nitrogen and oxygen atoms in total. The highest BCUT2D eigenvalue weighted by atomic mass is 35.5. The van der Waals surface area contributed by atoms with Crippen LogP contribution in [0, 0.1) is 12.8 Å². The summed E-state index contributed by atoms with van der Waals surface area (Å²) in [5.74, 6) is 0.626. The van der Waals surface area contributed by atoms with Crippen LogP contribution in [0.15, 0.2) is 22.6 Å². The van der Waals surface area contributed by atoms with Crippen molar-refractivity contribution in [2.75, 3.05) is 6.54 Å². The first-order valence-electron chi connectivity index (χ1n) is 6.80. The van der Waals surface area contributed by atoms with Gasteiger partial charge >= 0.3 is 0 Å². The Bertz CT molecular complexity index is 665. The van der Waals surface area contributed by atoms with Crippen molar-refractivity contribution in [1.82, 2.24) is 5.32 Å². The Morgan fingerprint density at radius 1 is 1.52 bits per heavy atom. The van der Waals surface area contributed by atoms with E-state index in [2.05, 4.69) is 5.32 Å². The van der Waals surface area contributed by atoms with Gasteiger partial charge in [-0.1, -0.05) is 23.7 Å². The lowest BCUT2D eigenvalue weighted by Gasteiger charge is -2.15. The van der Waals surface area contributed by atoms with E-state index in [1.165, 1.54) is 0 Å². The number of rotatable bonds is 4. The van der Waals surface area contributed by atoms with E-state index in [0.717, 1.165) is 23.8 Å². The molecule has 1 atom stereocenters. The van der Waals surface area contributed by atoms with E-state index in [4.69, 9.17) is 21.8 Å². The van der Waals surface area contributed by atoms with Crippen molar-refractivity contribution in [3.63, 3.8) is 0 Å². The quantitative estimate of drug-likeness (QED) is 0.904. The third kappa shape index (κ3) is 3.03. The van der Waals surface area contributed by atoms with Crippen LogP contribution in [0.25, 0.3) is 11.0 Å². The van der Waals surface area contributed by atoms with Gasteiger partial charge in [-0.2, -0.15) is 0 Å². The second-order valence-electron chi connectivity index (χ2n) is 5.33. The van der Waals surface area contributed by atoms with Gasteiger partial charge in [-0.05, 0) is 31.7 Å². The Morgan fingerprint density at radius 3 is 2.81 bits per heavy atom. The number of benzene rings is 1. The standard InChI is InChI=1S/C15H17ClN2O2.ClH/c1-8-10-3-2-4-11(16)14(10)20-13(8)15(19)18-12(7-17)9-5-6-9;/h2-4,9,12H,5-7,17H2,1H3,(H,18,19);1H. The number of hydrogen-bond donors (Lipinski definition) is 2. The van der Waals surface area contributed by atoms with Gasteiger partial charge in [0, 0.05) is 23.5 Å². The minimum Gasteiger partial charge on any atom is -0.449 e. The fourth-order valence-corrected chi connectivity index (χ4v) is 2.74.